The zero-order chi connectivity index (χ0) is 24.6. The maximum absolute atomic E-state index is 13.2. The number of rotatable bonds is 4. The Balaban J connectivity index is 1.53. The van der Waals surface area contributed by atoms with Crippen LogP contribution in [0.2, 0.25) is 0 Å². The van der Waals surface area contributed by atoms with Crippen molar-refractivity contribution in [2.24, 2.45) is 46.3 Å². The molecule has 3 fully saturated rings. The number of hydrogen-bond acceptors (Lipinski definition) is 2. The molecule has 2 unspecified atom stereocenters. The SMILES string of the molecule is CC1C=C2C[C@@](C)(O)CC[C@]2(C)[C@H]2CC[C@]3(C)[C@@H]([C@H](C)CCC(C)(O)C(F)(F)F)CC[C@H]3[C@H]12. The Morgan fingerprint density at radius 2 is 1.73 bits per heavy atom. The van der Waals surface area contributed by atoms with E-state index in [1.54, 1.807) is 0 Å². The van der Waals surface area contributed by atoms with Gasteiger partial charge in [0.1, 0.15) is 0 Å². The summed E-state index contributed by atoms with van der Waals surface area (Å²) in [6, 6.07) is 0. The predicted molar refractivity (Wildman–Crippen MR) is 125 cm³/mol. The largest absolute Gasteiger partial charge is 0.416 e. The summed E-state index contributed by atoms with van der Waals surface area (Å²) in [7, 11) is 0. The van der Waals surface area contributed by atoms with Crippen LogP contribution in [-0.4, -0.2) is 27.6 Å². The molecule has 10 atom stereocenters. The van der Waals surface area contributed by atoms with Gasteiger partial charge in [-0.25, -0.2) is 0 Å². The molecule has 0 aromatic heterocycles. The van der Waals surface area contributed by atoms with Crippen molar-refractivity contribution in [2.45, 2.75) is 117 Å². The molecule has 5 heteroatoms. The fraction of sp³-hybridized carbons (Fsp3) is 0.929. The molecule has 33 heavy (non-hydrogen) atoms. The first-order valence-corrected chi connectivity index (χ1v) is 13.2. The number of aliphatic hydroxyl groups is 2. The first kappa shape index (κ1) is 25.5. The molecular weight excluding hydrogens is 425 g/mol. The number of alkyl halides is 3. The van der Waals surface area contributed by atoms with E-state index < -0.39 is 17.4 Å². The van der Waals surface area contributed by atoms with E-state index in [1.807, 2.05) is 6.92 Å². The van der Waals surface area contributed by atoms with E-state index in [2.05, 4.69) is 33.8 Å². The van der Waals surface area contributed by atoms with Crippen LogP contribution in [0.5, 0.6) is 0 Å². The second-order valence-electron chi connectivity index (χ2n) is 13.4. The molecule has 0 aromatic rings. The van der Waals surface area contributed by atoms with Crippen molar-refractivity contribution in [1.82, 2.24) is 0 Å². The van der Waals surface area contributed by atoms with Crippen molar-refractivity contribution in [2.75, 3.05) is 0 Å². The molecule has 0 radical (unpaired) electrons. The van der Waals surface area contributed by atoms with Crippen LogP contribution in [0, 0.1) is 46.3 Å². The van der Waals surface area contributed by atoms with Gasteiger partial charge in [-0.05, 0) is 118 Å². The molecule has 0 amide bonds. The lowest BCUT2D eigenvalue weighted by Gasteiger charge is -2.60. The third kappa shape index (κ3) is 4.11. The Hall–Kier alpha value is -0.550. The van der Waals surface area contributed by atoms with Crippen LogP contribution in [0.25, 0.3) is 0 Å². The smallest absolute Gasteiger partial charge is 0.390 e. The van der Waals surface area contributed by atoms with Gasteiger partial charge >= 0.3 is 6.18 Å². The number of hydrogen-bond donors (Lipinski definition) is 2. The van der Waals surface area contributed by atoms with Gasteiger partial charge in [0.05, 0.1) is 5.60 Å². The van der Waals surface area contributed by atoms with E-state index in [0.717, 1.165) is 39.0 Å². The fourth-order valence-electron chi connectivity index (χ4n) is 8.99. The van der Waals surface area contributed by atoms with Gasteiger partial charge < -0.3 is 10.2 Å². The van der Waals surface area contributed by atoms with Gasteiger partial charge in [-0.3, -0.25) is 0 Å². The van der Waals surface area contributed by atoms with E-state index in [4.69, 9.17) is 0 Å². The summed E-state index contributed by atoms with van der Waals surface area (Å²) in [5, 5.41) is 20.7. The van der Waals surface area contributed by atoms with Gasteiger partial charge in [-0.15, -0.1) is 0 Å². The number of allylic oxidation sites excluding steroid dienone is 1. The molecule has 0 spiro atoms. The molecule has 4 aliphatic rings. The third-order valence-electron chi connectivity index (χ3n) is 11.2. The van der Waals surface area contributed by atoms with Crippen molar-refractivity contribution < 1.29 is 23.4 Å². The van der Waals surface area contributed by atoms with Crippen LogP contribution in [0.4, 0.5) is 13.2 Å². The lowest BCUT2D eigenvalue weighted by Crippen LogP contribution is -2.54. The lowest BCUT2D eigenvalue weighted by molar-refractivity contribution is -0.256. The molecule has 190 valence electrons. The molecule has 2 nitrogen and oxygen atoms in total. The van der Waals surface area contributed by atoms with Crippen LogP contribution in [-0.2, 0) is 0 Å². The van der Waals surface area contributed by atoms with Crippen LogP contribution >= 0.6 is 0 Å². The minimum atomic E-state index is -4.57. The van der Waals surface area contributed by atoms with Crippen molar-refractivity contribution in [3.8, 4) is 0 Å². The Morgan fingerprint density at radius 1 is 1.06 bits per heavy atom. The van der Waals surface area contributed by atoms with E-state index in [0.29, 0.717) is 36.0 Å². The molecule has 2 N–H and O–H groups in total. The summed E-state index contributed by atoms with van der Waals surface area (Å²) in [5.74, 6) is 2.95. The summed E-state index contributed by atoms with van der Waals surface area (Å²) >= 11 is 0. The minimum absolute atomic E-state index is 0.167. The second kappa shape index (κ2) is 7.98. The average molecular weight is 471 g/mol. The topological polar surface area (TPSA) is 40.5 Å². The summed E-state index contributed by atoms with van der Waals surface area (Å²) in [6.07, 6.45) is 5.40. The highest BCUT2D eigenvalue weighted by Gasteiger charge is 2.61. The van der Waals surface area contributed by atoms with Crippen LogP contribution in [0.15, 0.2) is 11.6 Å². The monoisotopic (exact) mass is 470 g/mol. The summed E-state index contributed by atoms with van der Waals surface area (Å²) < 4.78 is 39.5. The summed E-state index contributed by atoms with van der Waals surface area (Å²) in [6.45, 7) is 12.2. The van der Waals surface area contributed by atoms with Gasteiger partial charge in [0, 0.05) is 0 Å². The van der Waals surface area contributed by atoms with E-state index in [-0.39, 0.29) is 23.2 Å². The Bertz CT molecular complexity index is 785. The molecule has 0 saturated heterocycles. The molecule has 3 saturated carbocycles. The van der Waals surface area contributed by atoms with Gasteiger partial charge in [-0.2, -0.15) is 13.2 Å². The minimum Gasteiger partial charge on any atom is -0.390 e. The first-order valence-electron chi connectivity index (χ1n) is 13.2. The molecule has 0 bridgehead atoms. The van der Waals surface area contributed by atoms with Crippen LogP contribution in [0.3, 0.4) is 0 Å². The van der Waals surface area contributed by atoms with E-state index >= 15 is 0 Å². The fourth-order valence-corrected chi connectivity index (χ4v) is 8.99. The van der Waals surface area contributed by atoms with Crippen molar-refractivity contribution in [3.63, 3.8) is 0 Å². The van der Waals surface area contributed by atoms with Gasteiger partial charge in [0.25, 0.3) is 0 Å². The summed E-state index contributed by atoms with van der Waals surface area (Å²) in [4.78, 5) is 0. The molecule has 0 aliphatic heterocycles. The highest BCUT2D eigenvalue weighted by atomic mass is 19.4. The predicted octanol–water partition coefficient (Wildman–Crippen LogP) is 7.29. The molecule has 0 heterocycles. The second-order valence-corrected chi connectivity index (χ2v) is 13.4. The quantitative estimate of drug-likeness (QED) is 0.424. The molecule has 4 rings (SSSR count). The Kier molecular flexibility index (Phi) is 6.18. The van der Waals surface area contributed by atoms with Crippen molar-refractivity contribution in [1.29, 1.82) is 0 Å². The normalized spacial score (nSPS) is 48.2. The highest BCUT2D eigenvalue weighted by Crippen LogP contribution is 2.68. The maximum Gasteiger partial charge on any atom is 0.416 e. The Labute approximate surface area is 198 Å². The van der Waals surface area contributed by atoms with Gasteiger partial charge in [-0.1, -0.05) is 39.3 Å². The molecule has 0 aromatic carbocycles. The number of fused-ring (bicyclic) bond motifs is 5. The average Bonchev–Trinajstić information content (AvgIpc) is 3.04. The maximum atomic E-state index is 13.2. The summed E-state index contributed by atoms with van der Waals surface area (Å²) in [5.41, 5.74) is -1.38. The van der Waals surface area contributed by atoms with Crippen molar-refractivity contribution >= 4 is 0 Å². The van der Waals surface area contributed by atoms with Crippen LogP contribution in [0.1, 0.15) is 99.3 Å². The highest BCUT2D eigenvalue weighted by molar-refractivity contribution is 5.28. The lowest BCUT2D eigenvalue weighted by atomic mass is 9.44. The zero-order valence-electron chi connectivity index (χ0n) is 21.4. The first-order chi connectivity index (χ1) is 15.0. The number of halogens is 3. The standard InChI is InChI=1S/C28H45F3O2/c1-17(9-12-27(6,33)28(29,30)31)20-7-8-21-23-18(2)15-19-16-24(3,32)13-14-25(19,4)22(23)10-11-26(20,21)5/h15,17-18,20-23,32-33H,7-14,16H2,1-6H3/t17-,18?,20-,21+,22+,23+,24+,25+,26-,27?/m1/s1. The van der Waals surface area contributed by atoms with Crippen LogP contribution < -0.4 is 0 Å². The van der Waals surface area contributed by atoms with Gasteiger partial charge in [0.15, 0.2) is 5.60 Å². The Morgan fingerprint density at radius 3 is 2.36 bits per heavy atom. The molecular formula is C28H45F3O2. The van der Waals surface area contributed by atoms with Gasteiger partial charge in [0.2, 0.25) is 0 Å². The zero-order valence-corrected chi connectivity index (χ0v) is 21.4. The third-order valence-corrected chi connectivity index (χ3v) is 11.2. The van der Waals surface area contributed by atoms with E-state index in [1.165, 1.54) is 18.4 Å². The van der Waals surface area contributed by atoms with E-state index in [9.17, 15) is 23.4 Å². The molecule has 4 aliphatic carbocycles. The van der Waals surface area contributed by atoms with Crippen molar-refractivity contribution in [3.05, 3.63) is 11.6 Å².